The van der Waals surface area contributed by atoms with Crippen LogP contribution in [0.15, 0.2) is 29.2 Å². The summed E-state index contributed by atoms with van der Waals surface area (Å²) in [6.45, 7) is 3.48. The van der Waals surface area contributed by atoms with Gasteiger partial charge in [-0.3, -0.25) is 0 Å². The van der Waals surface area contributed by atoms with Crippen LogP contribution in [0.2, 0.25) is 0 Å². The number of sulfonamides is 1. The van der Waals surface area contributed by atoms with E-state index >= 15 is 0 Å². The van der Waals surface area contributed by atoms with Crippen LogP contribution in [0.4, 0.5) is 13.2 Å². The van der Waals surface area contributed by atoms with Crippen LogP contribution in [0.3, 0.4) is 0 Å². The highest BCUT2D eigenvalue weighted by Crippen LogP contribution is 2.33. The predicted molar refractivity (Wildman–Crippen MR) is 79.4 cm³/mol. The maximum absolute atomic E-state index is 12.6. The summed E-state index contributed by atoms with van der Waals surface area (Å²) in [7, 11) is -2.36. The molecule has 4 nitrogen and oxygen atoms in total. The third kappa shape index (κ3) is 4.24. The first-order valence-electron chi connectivity index (χ1n) is 7.26. The number of nitrogens with zero attached hydrogens (tertiary/aromatic N) is 1. The molecule has 0 atom stereocenters. The molecule has 1 aliphatic rings. The quantitative estimate of drug-likeness (QED) is 0.837. The van der Waals surface area contributed by atoms with Crippen molar-refractivity contribution in [1.82, 2.24) is 4.31 Å². The minimum Gasteiger partial charge on any atom is -0.381 e. The maximum Gasteiger partial charge on any atom is 0.416 e. The smallest absolute Gasteiger partial charge is 0.381 e. The molecule has 0 aliphatic carbocycles. The zero-order chi connectivity index (χ0) is 17.3. The summed E-state index contributed by atoms with van der Waals surface area (Å²) in [5, 5.41) is 0. The van der Waals surface area contributed by atoms with Crippen LogP contribution in [0.1, 0.15) is 25.3 Å². The van der Waals surface area contributed by atoms with Gasteiger partial charge in [0.15, 0.2) is 0 Å². The number of hydrogen-bond donors (Lipinski definition) is 0. The summed E-state index contributed by atoms with van der Waals surface area (Å²) < 4.78 is 69.2. The van der Waals surface area contributed by atoms with E-state index in [1.54, 1.807) is 0 Å². The minimum atomic E-state index is -4.48. The molecule has 1 fully saturated rings. The molecule has 2 rings (SSSR count). The fraction of sp³-hybridized carbons (Fsp3) is 0.600. The van der Waals surface area contributed by atoms with Crippen LogP contribution < -0.4 is 0 Å². The van der Waals surface area contributed by atoms with Crippen molar-refractivity contribution in [3.05, 3.63) is 29.8 Å². The molecule has 1 heterocycles. The third-order valence-electron chi connectivity index (χ3n) is 4.19. The Balaban J connectivity index is 2.17. The van der Waals surface area contributed by atoms with Crippen molar-refractivity contribution < 1.29 is 26.3 Å². The predicted octanol–water partition coefficient (Wildman–Crippen LogP) is 3.14. The largest absolute Gasteiger partial charge is 0.416 e. The molecule has 0 unspecified atom stereocenters. The molecule has 0 amide bonds. The number of halogens is 3. The summed E-state index contributed by atoms with van der Waals surface area (Å²) in [6.07, 6.45) is -2.98. The monoisotopic (exact) mass is 351 g/mol. The van der Waals surface area contributed by atoms with E-state index in [1.807, 2.05) is 6.92 Å². The van der Waals surface area contributed by atoms with Crippen LogP contribution in [0.5, 0.6) is 0 Å². The second-order valence-corrected chi connectivity index (χ2v) is 8.25. The lowest BCUT2D eigenvalue weighted by atomic mass is 9.82. The fourth-order valence-corrected chi connectivity index (χ4v) is 3.96. The Morgan fingerprint density at radius 3 is 2.17 bits per heavy atom. The van der Waals surface area contributed by atoms with E-state index in [0.29, 0.717) is 19.8 Å². The summed E-state index contributed by atoms with van der Waals surface area (Å²) in [5.41, 5.74) is -1.05. The molecule has 0 aromatic heterocycles. The highest BCUT2D eigenvalue weighted by atomic mass is 32.2. The molecule has 0 radical (unpaired) electrons. The molecule has 0 spiro atoms. The molecule has 1 saturated heterocycles. The number of hydrogen-bond acceptors (Lipinski definition) is 3. The molecule has 130 valence electrons. The van der Waals surface area contributed by atoms with Crippen LogP contribution in [-0.2, 0) is 20.9 Å². The van der Waals surface area contributed by atoms with E-state index in [2.05, 4.69) is 0 Å². The van der Waals surface area contributed by atoms with E-state index < -0.39 is 21.8 Å². The first-order chi connectivity index (χ1) is 10.5. The highest BCUT2D eigenvalue weighted by Gasteiger charge is 2.34. The molecule has 0 N–H and O–H groups in total. The van der Waals surface area contributed by atoms with Gasteiger partial charge in [0.05, 0.1) is 10.5 Å². The normalized spacial score (nSPS) is 19.0. The number of ether oxygens (including phenoxy) is 1. The fourth-order valence-electron chi connectivity index (χ4n) is 2.64. The Morgan fingerprint density at radius 1 is 1.17 bits per heavy atom. The van der Waals surface area contributed by atoms with Crippen molar-refractivity contribution in [2.45, 2.75) is 30.8 Å². The lowest BCUT2D eigenvalue weighted by Gasteiger charge is -2.36. The first-order valence-corrected chi connectivity index (χ1v) is 8.70. The lowest BCUT2D eigenvalue weighted by molar-refractivity contribution is -0.137. The summed E-state index contributed by atoms with van der Waals surface area (Å²) in [4.78, 5) is -0.136. The highest BCUT2D eigenvalue weighted by molar-refractivity contribution is 7.89. The van der Waals surface area contributed by atoms with Gasteiger partial charge in [-0.1, -0.05) is 6.92 Å². The molecule has 8 heteroatoms. The summed E-state index contributed by atoms with van der Waals surface area (Å²) >= 11 is 0. The van der Waals surface area contributed by atoms with E-state index in [9.17, 15) is 21.6 Å². The van der Waals surface area contributed by atoms with Gasteiger partial charge in [-0.2, -0.15) is 13.2 Å². The van der Waals surface area contributed by atoms with Gasteiger partial charge >= 0.3 is 6.18 Å². The maximum atomic E-state index is 12.6. The van der Waals surface area contributed by atoms with Crippen molar-refractivity contribution in [2.75, 3.05) is 26.8 Å². The van der Waals surface area contributed by atoms with E-state index in [1.165, 1.54) is 11.4 Å². The Kier molecular flexibility index (Phi) is 5.08. The van der Waals surface area contributed by atoms with Gasteiger partial charge < -0.3 is 4.74 Å². The number of rotatable bonds is 4. The van der Waals surface area contributed by atoms with Crippen molar-refractivity contribution in [3.8, 4) is 0 Å². The van der Waals surface area contributed by atoms with Gasteiger partial charge in [0.25, 0.3) is 0 Å². The van der Waals surface area contributed by atoms with Crippen LogP contribution >= 0.6 is 0 Å². The number of benzene rings is 1. The van der Waals surface area contributed by atoms with Crippen molar-refractivity contribution >= 4 is 10.0 Å². The molecule has 23 heavy (non-hydrogen) atoms. The van der Waals surface area contributed by atoms with Gasteiger partial charge in [-0.25, -0.2) is 12.7 Å². The van der Waals surface area contributed by atoms with E-state index in [0.717, 1.165) is 37.1 Å². The Labute approximate surface area is 134 Å². The lowest BCUT2D eigenvalue weighted by Crippen LogP contribution is -2.40. The Bertz CT molecular complexity index is 635. The number of alkyl halides is 3. The topological polar surface area (TPSA) is 46.6 Å². The second-order valence-electron chi connectivity index (χ2n) is 6.21. The zero-order valence-corrected chi connectivity index (χ0v) is 13.9. The second kappa shape index (κ2) is 6.41. The summed E-state index contributed by atoms with van der Waals surface area (Å²) in [5.74, 6) is 0. The summed E-state index contributed by atoms with van der Waals surface area (Å²) in [6, 6.07) is 3.58. The molecular formula is C15H20F3NO3S. The van der Waals surface area contributed by atoms with Crippen molar-refractivity contribution in [3.63, 3.8) is 0 Å². The molecule has 1 aromatic rings. The first kappa shape index (κ1) is 18.2. The third-order valence-corrected chi connectivity index (χ3v) is 6.01. The van der Waals surface area contributed by atoms with Gasteiger partial charge in [0.1, 0.15) is 0 Å². The average molecular weight is 351 g/mol. The molecule has 1 aromatic carbocycles. The zero-order valence-electron chi connectivity index (χ0n) is 13.1. The van der Waals surface area contributed by atoms with Crippen molar-refractivity contribution in [1.29, 1.82) is 0 Å². The van der Waals surface area contributed by atoms with Gasteiger partial charge in [-0.05, 0) is 42.5 Å². The van der Waals surface area contributed by atoms with Crippen molar-refractivity contribution in [2.24, 2.45) is 5.41 Å². The Hall–Kier alpha value is -1.12. The van der Waals surface area contributed by atoms with E-state index in [-0.39, 0.29) is 10.3 Å². The van der Waals surface area contributed by atoms with Crippen LogP contribution in [0, 0.1) is 5.41 Å². The minimum absolute atomic E-state index is 0.136. The average Bonchev–Trinajstić information content (AvgIpc) is 2.46. The van der Waals surface area contributed by atoms with E-state index in [4.69, 9.17) is 4.74 Å². The molecule has 0 bridgehead atoms. The van der Waals surface area contributed by atoms with Gasteiger partial charge in [0, 0.05) is 26.8 Å². The van der Waals surface area contributed by atoms with Crippen LogP contribution in [0.25, 0.3) is 0 Å². The Morgan fingerprint density at radius 2 is 1.70 bits per heavy atom. The van der Waals surface area contributed by atoms with Gasteiger partial charge in [0.2, 0.25) is 10.0 Å². The van der Waals surface area contributed by atoms with Gasteiger partial charge in [-0.15, -0.1) is 0 Å². The molecule has 1 aliphatic heterocycles. The molecule has 0 saturated carbocycles. The SMILES string of the molecule is CN(CC1(C)CCOCC1)S(=O)(=O)c1ccc(C(F)(F)F)cc1. The van der Waals surface area contributed by atoms with Crippen LogP contribution in [-0.4, -0.2) is 39.5 Å². The molecular weight excluding hydrogens is 331 g/mol. The standard InChI is InChI=1S/C15H20F3NO3S/c1-14(7-9-22-10-8-14)11-19(2)23(20,21)13-5-3-12(4-6-13)15(16,17)18/h3-6H,7-11H2,1-2H3.